The molecule has 0 saturated carbocycles. The number of hydrogen-bond donors (Lipinski definition) is 0. The second-order valence-corrected chi connectivity index (χ2v) is 8.35. The Morgan fingerprint density at radius 3 is 1.87 bits per heavy atom. The molecule has 0 unspecified atom stereocenters. The average Bonchev–Trinajstić information content (AvgIpc) is 2.27. The van der Waals surface area contributed by atoms with E-state index in [1.54, 1.807) is 47.6 Å². The Hall–Kier alpha value is -1.09. The van der Waals surface area contributed by atoms with E-state index in [1.165, 1.54) is 6.20 Å². The van der Waals surface area contributed by atoms with Crippen LogP contribution in [0.15, 0.2) is 12.3 Å². The minimum atomic E-state index is -0.862. The van der Waals surface area contributed by atoms with Gasteiger partial charge in [-0.3, -0.25) is 0 Å². The van der Waals surface area contributed by atoms with Crippen LogP contribution in [0.25, 0.3) is 0 Å². The molecule has 0 aromatic carbocycles. The average molecular weight is 455 g/mol. The van der Waals surface area contributed by atoms with E-state index in [0.29, 0.717) is 8.59 Å². The van der Waals surface area contributed by atoms with Gasteiger partial charge in [0, 0.05) is 6.20 Å². The number of rotatable bonds is 1. The standard InChI is InChI=1S/C15H20ClIN2O4/c1-14(2,3)22-12(20)19(13(21)23-15(4,5)6)11-10(17)7-9(16)8-18-11/h7-8H,1-6H3. The van der Waals surface area contributed by atoms with Gasteiger partial charge in [-0.2, -0.15) is 4.90 Å². The highest BCUT2D eigenvalue weighted by Gasteiger charge is 2.34. The number of nitrogens with zero attached hydrogens (tertiary/aromatic N) is 2. The van der Waals surface area contributed by atoms with E-state index in [0.717, 1.165) is 4.90 Å². The summed E-state index contributed by atoms with van der Waals surface area (Å²) in [6, 6.07) is 1.59. The minimum absolute atomic E-state index is 0.110. The molecule has 128 valence electrons. The van der Waals surface area contributed by atoms with Gasteiger partial charge in [0.05, 0.1) is 8.59 Å². The minimum Gasteiger partial charge on any atom is -0.443 e. The van der Waals surface area contributed by atoms with Crippen molar-refractivity contribution in [3.63, 3.8) is 0 Å². The van der Waals surface area contributed by atoms with E-state index in [1.807, 2.05) is 22.6 Å². The first kappa shape index (κ1) is 20.0. The van der Waals surface area contributed by atoms with Crippen LogP contribution in [0.4, 0.5) is 15.4 Å². The molecule has 6 nitrogen and oxygen atoms in total. The number of amides is 2. The molecule has 0 aliphatic rings. The molecule has 0 spiro atoms. The van der Waals surface area contributed by atoms with Crippen LogP contribution in [0.1, 0.15) is 41.5 Å². The van der Waals surface area contributed by atoms with Crippen molar-refractivity contribution in [2.75, 3.05) is 4.90 Å². The highest BCUT2D eigenvalue weighted by molar-refractivity contribution is 14.1. The van der Waals surface area contributed by atoms with Gasteiger partial charge in [0.25, 0.3) is 0 Å². The quantitative estimate of drug-likeness (QED) is 0.558. The number of ether oxygens (including phenoxy) is 2. The zero-order valence-corrected chi connectivity index (χ0v) is 16.9. The molecule has 8 heteroatoms. The third-order valence-electron chi connectivity index (χ3n) is 2.15. The molecule has 0 saturated heterocycles. The third kappa shape index (κ3) is 6.50. The van der Waals surface area contributed by atoms with Gasteiger partial charge in [0.15, 0.2) is 5.82 Å². The first-order valence-electron chi connectivity index (χ1n) is 6.87. The third-order valence-corrected chi connectivity index (χ3v) is 3.15. The lowest BCUT2D eigenvalue weighted by atomic mass is 10.2. The van der Waals surface area contributed by atoms with Crippen LogP contribution in [0, 0.1) is 3.57 Å². The molecular formula is C15H20ClIN2O4. The van der Waals surface area contributed by atoms with E-state index >= 15 is 0 Å². The summed E-state index contributed by atoms with van der Waals surface area (Å²) in [6.45, 7) is 10.2. The van der Waals surface area contributed by atoms with E-state index in [2.05, 4.69) is 4.98 Å². The number of pyridine rings is 1. The highest BCUT2D eigenvalue weighted by atomic mass is 127. The molecule has 0 radical (unpaired) electrons. The topological polar surface area (TPSA) is 68.7 Å². The second-order valence-electron chi connectivity index (χ2n) is 6.76. The zero-order chi connectivity index (χ0) is 18.0. The van der Waals surface area contributed by atoms with Crippen LogP contribution < -0.4 is 4.90 Å². The molecule has 0 fully saturated rings. The smallest absolute Gasteiger partial charge is 0.425 e. The van der Waals surface area contributed by atoms with Crippen molar-refractivity contribution < 1.29 is 19.1 Å². The van der Waals surface area contributed by atoms with E-state index in [9.17, 15) is 9.59 Å². The van der Waals surface area contributed by atoms with Crippen LogP contribution in [0.2, 0.25) is 5.02 Å². The first-order valence-corrected chi connectivity index (χ1v) is 8.33. The summed E-state index contributed by atoms with van der Waals surface area (Å²) < 4.78 is 11.1. The van der Waals surface area contributed by atoms with Gasteiger partial charge in [-0.25, -0.2) is 14.6 Å². The summed E-state index contributed by atoms with van der Waals surface area (Å²) in [5.41, 5.74) is -1.54. The molecular weight excluding hydrogens is 435 g/mol. The van der Waals surface area contributed by atoms with Gasteiger partial charge in [-0.05, 0) is 70.2 Å². The Balaban J connectivity index is 3.25. The Labute approximate surface area is 154 Å². The van der Waals surface area contributed by atoms with Gasteiger partial charge in [-0.15, -0.1) is 0 Å². The van der Waals surface area contributed by atoms with Gasteiger partial charge >= 0.3 is 12.2 Å². The van der Waals surface area contributed by atoms with Crippen molar-refractivity contribution in [1.82, 2.24) is 4.98 Å². The molecule has 1 aromatic heterocycles. The lowest BCUT2D eigenvalue weighted by Gasteiger charge is -2.28. The van der Waals surface area contributed by atoms with Crippen LogP contribution in [-0.2, 0) is 9.47 Å². The molecule has 23 heavy (non-hydrogen) atoms. The largest absolute Gasteiger partial charge is 0.443 e. The SMILES string of the molecule is CC(C)(C)OC(=O)N(C(=O)OC(C)(C)C)c1ncc(Cl)cc1I. The number of carbonyl (C=O) groups excluding carboxylic acids is 2. The fraction of sp³-hybridized carbons (Fsp3) is 0.533. The first-order chi connectivity index (χ1) is 10.3. The zero-order valence-electron chi connectivity index (χ0n) is 13.9. The van der Waals surface area contributed by atoms with Crippen molar-refractivity contribution >= 4 is 52.2 Å². The lowest BCUT2D eigenvalue weighted by Crippen LogP contribution is -2.44. The lowest BCUT2D eigenvalue weighted by molar-refractivity contribution is 0.0428. The highest BCUT2D eigenvalue weighted by Crippen LogP contribution is 2.26. The molecule has 0 bridgehead atoms. The summed E-state index contributed by atoms with van der Waals surface area (Å²) in [4.78, 5) is 29.7. The normalized spacial score (nSPS) is 11.8. The van der Waals surface area contributed by atoms with Crippen LogP contribution >= 0.6 is 34.2 Å². The van der Waals surface area contributed by atoms with Crippen LogP contribution in [0.3, 0.4) is 0 Å². The summed E-state index contributed by atoms with van der Waals surface area (Å²) in [5.74, 6) is 0.110. The maximum Gasteiger partial charge on any atom is 0.425 e. The molecule has 1 heterocycles. The number of anilines is 1. The van der Waals surface area contributed by atoms with E-state index in [-0.39, 0.29) is 5.82 Å². The van der Waals surface area contributed by atoms with Crippen LogP contribution in [-0.4, -0.2) is 28.4 Å². The number of imide groups is 1. The maximum atomic E-state index is 12.5. The molecule has 1 rings (SSSR count). The van der Waals surface area contributed by atoms with Gasteiger partial charge in [0.1, 0.15) is 11.2 Å². The van der Waals surface area contributed by atoms with Crippen molar-refractivity contribution in [2.45, 2.75) is 52.7 Å². The molecule has 0 N–H and O–H groups in total. The Kier molecular flexibility index (Phi) is 6.25. The summed E-state index contributed by atoms with van der Waals surface area (Å²) >= 11 is 7.81. The summed E-state index contributed by atoms with van der Waals surface area (Å²) in [5, 5.41) is 0.395. The summed E-state index contributed by atoms with van der Waals surface area (Å²) in [7, 11) is 0. The maximum absolute atomic E-state index is 12.5. The molecule has 0 atom stereocenters. The Bertz CT molecular complexity index is 580. The number of carbonyl (C=O) groups is 2. The fourth-order valence-corrected chi connectivity index (χ4v) is 2.49. The Morgan fingerprint density at radius 1 is 1.09 bits per heavy atom. The van der Waals surface area contributed by atoms with Crippen molar-refractivity contribution in [3.05, 3.63) is 20.9 Å². The molecule has 0 aliphatic heterocycles. The second kappa shape index (κ2) is 7.21. The monoisotopic (exact) mass is 454 g/mol. The molecule has 2 amide bonds. The fourth-order valence-electron chi connectivity index (χ4n) is 1.43. The molecule has 0 aliphatic carbocycles. The number of halogens is 2. The van der Waals surface area contributed by atoms with E-state index < -0.39 is 23.4 Å². The summed E-state index contributed by atoms with van der Waals surface area (Å²) in [6.07, 6.45) is -0.375. The Morgan fingerprint density at radius 2 is 1.52 bits per heavy atom. The predicted octanol–water partition coefficient (Wildman–Crippen LogP) is 5.02. The van der Waals surface area contributed by atoms with Gasteiger partial charge < -0.3 is 9.47 Å². The molecule has 1 aromatic rings. The number of aromatic nitrogens is 1. The van der Waals surface area contributed by atoms with Crippen molar-refractivity contribution in [2.24, 2.45) is 0 Å². The van der Waals surface area contributed by atoms with Gasteiger partial charge in [0.2, 0.25) is 0 Å². The van der Waals surface area contributed by atoms with Crippen LogP contribution in [0.5, 0.6) is 0 Å². The van der Waals surface area contributed by atoms with E-state index in [4.69, 9.17) is 21.1 Å². The van der Waals surface area contributed by atoms with Crippen molar-refractivity contribution in [1.29, 1.82) is 0 Å². The predicted molar refractivity (Wildman–Crippen MR) is 96.9 cm³/mol. The number of hydrogen-bond acceptors (Lipinski definition) is 5. The van der Waals surface area contributed by atoms with Gasteiger partial charge in [-0.1, -0.05) is 11.6 Å². The van der Waals surface area contributed by atoms with Crippen molar-refractivity contribution in [3.8, 4) is 0 Å².